The number of ether oxygens (including phenoxy) is 4. The van der Waals surface area contributed by atoms with Crippen molar-refractivity contribution in [2.75, 3.05) is 40.4 Å². The highest BCUT2D eigenvalue weighted by Crippen LogP contribution is 2.57. The van der Waals surface area contributed by atoms with E-state index >= 15 is 0 Å². The number of hydrogen-bond donors (Lipinski definition) is 1. The molecule has 1 N–H and O–H groups in total. The van der Waals surface area contributed by atoms with Gasteiger partial charge in [-0.25, -0.2) is 9.59 Å². The number of nitrogens with one attached hydrogen (secondary N) is 1. The van der Waals surface area contributed by atoms with Gasteiger partial charge in [-0.2, -0.15) is 0 Å². The van der Waals surface area contributed by atoms with Gasteiger partial charge in [0.25, 0.3) is 0 Å². The Kier molecular flexibility index (Phi) is 12.5. The van der Waals surface area contributed by atoms with Crippen molar-refractivity contribution >= 4 is 29.8 Å². The molecule has 0 aromatic heterocycles. The zero-order valence-corrected chi connectivity index (χ0v) is 31.6. The van der Waals surface area contributed by atoms with Gasteiger partial charge in [0.05, 0.1) is 24.6 Å². The maximum Gasteiger partial charge on any atom is 0.410 e. The van der Waals surface area contributed by atoms with Crippen molar-refractivity contribution < 1.29 is 42.9 Å². The number of Topliss-reactive ketones (excluding diaryl/α,β-unsaturated/α-hetero) is 1. The summed E-state index contributed by atoms with van der Waals surface area (Å²) in [5.41, 5.74) is 0.201. The minimum atomic E-state index is -0.988. The molecular formula is C39H56N4O9. The van der Waals surface area contributed by atoms with Crippen molar-refractivity contribution in [3.05, 3.63) is 41.5 Å². The fourth-order valence-electron chi connectivity index (χ4n) is 7.34. The van der Waals surface area contributed by atoms with Crippen LogP contribution in [0.15, 0.2) is 30.4 Å². The van der Waals surface area contributed by atoms with Gasteiger partial charge in [0.15, 0.2) is 5.78 Å². The third kappa shape index (κ3) is 9.84. The molecule has 3 aliphatic heterocycles. The number of hydrogen-bond acceptors (Lipinski definition) is 10. The quantitative estimate of drug-likeness (QED) is 0.221. The van der Waals surface area contributed by atoms with Crippen molar-refractivity contribution in [1.82, 2.24) is 20.0 Å². The summed E-state index contributed by atoms with van der Waals surface area (Å²) in [5, 5.41) is 2.76. The van der Waals surface area contributed by atoms with Crippen molar-refractivity contribution in [2.45, 2.75) is 116 Å². The number of fused-ring (bicyclic) bond motifs is 3. The molecule has 5 rings (SSSR count). The van der Waals surface area contributed by atoms with E-state index in [4.69, 9.17) is 18.9 Å². The molecule has 1 saturated heterocycles. The standard InChI is InChI=1S/C39H56N4O9/c1-7-49-35(46)39-21-28(39)13-11-9-8-10-12-14-31(40-36(47)52-38(2,3)4)34(45)43-25-30(20-32(43)33(44)22-39)51-37(48)42-23-26-15-16-29(19-27(26)24-42)50-18-17-41(5)6/h11,13,15-16,19,28,30-32H,7-10,12,14,17-18,20-25H2,1-6H3,(H,40,47)/b13-11-/t28-,30-,31+,32+,39-/m1/s1. The molecule has 13 nitrogen and oxygen atoms in total. The van der Waals surface area contributed by atoms with Crippen LogP contribution in [0.5, 0.6) is 5.75 Å². The predicted octanol–water partition coefficient (Wildman–Crippen LogP) is 4.99. The van der Waals surface area contributed by atoms with E-state index in [1.165, 1.54) is 4.90 Å². The lowest BCUT2D eigenvalue weighted by Crippen LogP contribution is -2.52. The number of likely N-dealkylation sites (N-methyl/N-ethyl adjacent to an activating group) is 1. The molecule has 286 valence electrons. The number of ketones is 1. The molecule has 52 heavy (non-hydrogen) atoms. The van der Waals surface area contributed by atoms with E-state index in [1.54, 1.807) is 32.6 Å². The lowest BCUT2D eigenvalue weighted by molar-refractivity contribution is -0.152. The van der Waals surface area contributed by atoms with Gasteiger partial charge >= 0.3 is 18.2 Å². The number of nitrogens with zero attached hydrogens (tertiary/aromatic N) is 3. The van der Waals surface area contributed by atoms with Crippen LogP contribution in [0, 0.1) is 11.3 Å². The minimum Gasteiger partial charge on any atom is -0.492 e. The summed E-state index contributed by atoms with van der Waals surface area (Å²) in [6, 6.07) is 3.89. The molecule has 1 aromatic rings. The summed E-state index contributed by atoms with van der Waals surface area (Å²) in [6.45, 7) is 9.17. The molecule has 3 amide bonds. The normalized spacial score (nSPS) is 27.1. The Bertz CT molecular complexity index is 1520. The number of rotatable bonds is 8. The molecule has 0 radical (unpaired) electrons. The fraction of sp³-hybridized carbons (Fsp3) is 0.667. The smallest absolute Gasteiger partial charge is 0.410 e. The molecule has 2 fully saturated rings. The van der Waals surface area contributed by atoms with E-state index in [2.05, 4.69) is 11.4 Å². The number of amides is 3. The monoisotopic (exact) mass is 724 g/mol. The molecular weight excluding hydrogens is 668 g/mol. The van der Waals surface area contributed by atoms with Gasteiger partial charge in [-0.15, -0.1) is 0 Å². The van der Waals surface area contributed by atoms with Crippen LogP contribution < -0.4 is 10.1 Å². The zero-order chi connectivity index (χ0) is 37.6. The van der Waals surface area contributed by atoms with Crippen molar-refractivity contribution in [3.8, 4) is 5.75 Å². The van der Waals surface area contributed by atoms with E-state index in [9.17, 15) is 24.0 Å². The predicted molar refractivity (Wildman–Crippen MR) is 192 cm³/mol. The molecule has 1 aromatic carbocycles. The zero-order valence-electron chi connectivity index (χ0n) is 31.6. The fourth-order valence-corrected chi connectivity index (χ4v) is 7.34. The molecule has 3 heterocycles. The van der Waals surface area contributed by atoms with Crippen LogP contribution in [0.4, 0.5) is 9.59 Å². The van der Waals surface area contributed by atoms with Gasteiger partial charge in [-0.1, -0.05) is 31.1 Å². The highest BCUT2D eigenvalue weighted by atomic mass is 16.6. The van der Waals surface area contributed by atoms with Crippen LogP contribution in [-0.4, -0.2) is 109 Å². The molecule has 13 heteroatoms. The average molecular weight is 725 g/mol. The molecule has 1 aliphatic carbocycles. The van der Waals surface area contributed by atoms with E-state index in [0.717, 1.165) is 42.7 Å². The van der Waals surface area contributed by atoms with Crippen molar-refractivity contribution in [2.24, 2.45) is 11.3 Å². The number of benzene rings is 1. The van der Waals surface area contributed by atoms with Gasteiger partial charge < -0.3 is 34.1 Å². The Morgan fingerprint density at radius 1 is 1.06 bits per heavy atom. The highest BCUT2D eigenvalue weighted by Gasteiger charge is 2.61. The molecule has 0 spiro atoms. The third-order valence-corrected chi connectivity index (χ3v) is 10.2. The van der Waals surface area contributed by atoms with Crippen molar-refractivity contribution in [1.29, 1.82) is 0 Å². The molecule has 0 bridgehead atoms. The van der Waals surface area contributed by atoms with Crippen LogP contribution >= 0.6 is 0 Å². The first-order valence-corrected chi connectivity index (χ1v) is 18.7. The van der Waals surface area contributed by atoms with Crippen LogP contribution in [0.1, 0.15) is 90.2 Å². The lowest BCUT2D eigenvalue weighted by Gasteiger charge is -2.30. The Balaban J connectivity index is 1.33. The summed E-state index contributed by atoms with van der Waals surface area (Å²) in [5.74, 6) is -0.542. The summed E-state index contributed by atoms with van der Waals surface area (Å²) >= 11 is 0. The molecule has 5 atom stereocenters. The second kappa shape index (κ2) is 16.7. The molecule has 4 aliphatic rings. The van der Waals surface area contributed by atoms with E-state index in [0.29, 0.717) is 39.0 Å². The van der Waals surface area contributed by atoms with Gasteiger partial charge in [-0.3, -0.25) is 19.3 Å². The Labute approximate surface area is 307 Å². The Morgan fingerprint density at radius 3 is 2.56 bits per heavy atom. The topological polar surface area (TPSA) is 144 Å². The Morgan fingerprint density at radius 2 is 1.83 bits per heavy atom. The summed E-state index contributed by atoms with van der Waals surface area (Å²) in [4.78, 5) is 73.4. The second-order valence-corrected chi connectivity index (χ2v) is 15.8. The number of carbonyl (C=O) groups excluding carboxylic acids is 5. The molecule has 1 saturated carbocycles. The third-order valence-electron chi connectivity index (χ3n) is 10.2. The van der Waals surface area contributed by atoms with E-state index in [-0.39, 0.29) is 37.7 Å². The van der Waals surface area contributed by atoms with Gasteiger partial charge in [0, 0.05) is 32.5 Å². The number of allylic oxidation sites excluding steroid dienone is 2. The lowest BCUT2D eigenvalue weighted by atomic mass is 9.91. The van der Waals surface area contributed by atoms with Gasteiger partial charge in [0.2, 0.25) is 5.91 Å². The van der Waals surface area contributed by atoms with Crippen molar-refractivity contribution in [3.63, 3.8) is 0 Å². The number of carbonyl (C=O) groups is 5. The Hall–Kier alpha value is -4.13. The number of esters is 1. The minimum absolute atomic E-state index is 0.0200. The first-order valence-electron chi connectivity index (χ1n) is 18.7. The van der Waals surface area contributed by atoms with Crippen LogP contribution in [0.2, 0.25) is 0 Å². The SMILES string of the molecule is CCOC(=O)[C@]12CC(=O)[C@@H]3C[C@@H](OC(=O)N4Cc5ccc(OCCN(C)C)cc5C4)CN3C(=O)[C@@H](NC(=O)OC(C)(C)C)CCCCC/C=C\[C@@H]1C2. The highest BCUT2D eigenvalue weighted by molar-refractivity contribution is 5.96. The van der Waals surface area contributed by atoms with Gasteiger partial charge in [-0.05, 0) is 96.7 Å². The van der Waals surface area contributed by atoms with Crippen LogP contribution in [0.25, 0.3) is 0 Å². The van der Waals surface area contributed by atoms with Gasteiger partial charge in [0.1, 0.15) is 30.1 Å². The van der Waals surface area contributed by atoms with Crippen LogP contribution in [0.3, 0.4) is 0 Å². The summed E-state index contributed by atoms with van der Waals surface area (Å²) in [6.07, 6.45) is 6.04. The maximum absolute atomic E-state index is 14.3. The average Bonchev–Trinajstić information content (AvgIpc) is 3.36. The second-order valence-electron chi connectivity index (χ2n) is 15.8. The maximum atomic E-state index is 14.3. The largest absolute Gasteiger partial charge is 0.492 e. The molecule has 0 unspecified atom stereocenters. The van der Waals surface area contributed by atoms with E-state index in [1.807, 2.05) is 43.3 Å². The first-order chi connectivity index (χ1) is 24.7. The summed E-state index contributed by atoms with van der Waals surface area (Å²) < 4.78 is 22.8. The van der Waals surface area contributed by atoms with E-state index < -0.39 is 53.3 Å². The first kappa shape index (κ1) is 39.1. The number of alkyl carbamates (subject to hydrolysis) is 1. The van der Waals surface area contributed by atoms with Crippen LogP contribution in [-0.2, 0) is 41.7 Å². The summed E-state index contributed by atoms with van der Waals surface area (Å²) in [7, 11) is 3.96.